The molecule has 3 heterocycles. The SMILES string of the molecule is C.CNC(=O)N(C)c1ccc2c(c1)N(Cc1cnc[nH]1)CCO2.CNc1ccc2c(c1)N(C(=O)OC(C)(C)C)CCO2.[B]B([B])B([B])[B]. The lowest BCUT2D eigenvalue weighted by atomic mass is 8.81. The van der Waals surface area contributed by atoms with Crippen molar-refractivity contribution < 1.29 is 23.8 Å². The highest BCUT2D eigenvalue weighted by atomic mass is 16.6. The molecule has 0 saturated heterocycles. The van der Waals surface area contributed by atoms with Crippen LogP contribution < -0.4 is 34.8 Å². The van der Waals surface area contributed by atoms with Crippen molar-refractivity contribution >= 4 is 78.6 Å². The number of aromatic amines is 1. The normalized spacial score (nSPS) is 12.7. The van der Waals surface area contributed by atoms with E-state index in [0.717, 1.165) is 47.3 Å². The Labute approximate surface area is 291 Å². The first-order valence-electron chi connectivity index (χ1n) is 15.2. The van der Waals surface area contributed by atoms with Crippen molar-refractivity contribution in [1.29, 1.82) is 0 Å². The van der Waals surface area contributed by atoms with Crippen molar-refractivity contribution in [3.8, 4) is 11.5 Å². The Morgan fingerprint density at radius 3 is 2.19 bits per heavy atom. The van der Waals surface area contributed by atoms with E-state index in [4.69, 9.17) is 45.2 Å². The van der Waals surface area contributed by atoms with E-state index >= 15 is 0 Å². The van der Waals surface area contributed by atoms with Crippen LogP contribution in [0, 0.1) is 0 Å². The first kappa shape index (κ1) is 40.0. The molecule has 3 aromatic rings. The van der Waals surface area contributed by atoms with Crippen molar-refractivity contribution in [2.75, 3.05) is 67.5 Å². The number of hydrogen-bond donors (Lipinski definition) is 3. The van der Waals surface area contributed by atoms with Crippen LogP contribution in [-0.4, -0.2) is 119 Å². The second-order valence-electron chi connectivity index (χ2n) is 11.7. The van der Waals surface area contributed by atoms with Gasteiger partial charge in [0.1, 0.15) is 30.3 Å². The van der Waals surface area contributed by atoms with Crippen molar-refractivity contribution in [2.24, 2.45) is 0 Å². The summed E-state index contributed by atoms with van der Waals surface area (Å²) in [5, 5.41) is 5.67. The second kappa shape index (κ2) is 18.4. The van der Waals surface area contributed by atoms with Gasteiger partial charge in [-0.25, -0.2) is 14.6 Å². The van der Waals surface area contributed by atoms with Gasteiger partial charge in [-0.15, -0.1) is 0 Å². The number of urea groups is 1. The quantitative estimate of drug-likeness (QED) is 0.362. The van der Waals surface area contributed by atoms with Crippen LogP contribution in [0.1, 0.15) is 33.9 Å². The molecular formula is C30H43B6N7O5. The Balaban J connectivity index is 0.000000283. The average Bonchev–Trinajstić information content (AvgIpc) is 3.56. The molecule has 0 atom stereocenters. The zero-order valence-corrected chi connectivity index (χ0v) is 27.9. The van der Waals surface area contributed by atoms with E-state index in [2.05, 4.69) is 25.5 Å². The van der Waals surface area contributed by atoms with Crippen LogP contribution in [-0.2, 0) is 11.3 Å². The number of imidazole rings is 1. The maximum Gasteiger partial charge on any atom is 0.415 e. The third-order valence-electron chi connectivity index (χ3n) is 6.89. The highest BCUT2D eigenvalue weighted by molar-refractivity contribution is 7.76. The molecule has 0 fully saturated rings. The Hall–Kier alpha value is -4.22. The van der Waals surface area contributed by atoms with Gasteiger partial charge < -0.3 is 34.7 Å². The van der Waals surface area contributed by atoms with Gasteiger partial charge >= 0.3 is 12.1 Å². The van der Waals surface area contributed by atoms with Gasteiger partial charge in [0.15, 0.2) is 0 Å². The van der Waals surface area contributed by atoms with E-state index < -0.39 is 18.4 Å². The minimum atomic E-state index is -0.593. The molecule has 3 amide bonds. The lowest BCUT2D eigenvalue weighted by Crippen LogP contribution is -2.41. The number of anilines is 4. The van der Waals surface area contributed by atoms with Crippen molar-refractivity contribution in [2.45, 2.75) is 40.3 Å². The third kappa shape index (κ3) is 11.5. The summed E-state index contributed by atoms with van der Waals surface area (Å²) in [5.74, 6) is 1.54. The van der Waals surface area contributed by atoms with E-state index in [1.165, 1.54) is 0 Å². The fraction of sp³-hybridized carbons (Fsp3) is 0.433. The summed E-state index contributed by atoms with van der Waals surface area (Å²) in [7, 11) is 25.0. The molecule has 2 aliphatic heterocycles. The number of carbonyl (C=O) groups excluding carboxylic acids is 2. The van der Waals surface area contributed by atoms with Crippen LogP contribution in [0.3, 0.4) is 0 Å². The zero-order chi connectivity index (χ0) is 34.7. The molecule has 2 aliphatic rings. The number of fused-ring (bicyclic) bond motifs is 2. The summed E-state index contributed by atoms with van der Waals surface area (Å²) >= 11 is 0. The molecule has 48 heavy (non-hydrogen) atoms. The summed E-state index contributed by atoms with van der Waals surface area (Å²) in [6.45, 7) is 8.71. The maximum atomic E-state index is 12.2. The molecule has 0 saturated carbocycles. The molecule has 5 rings (SSSR count). The molecular weight excluding hydrogens is 603 g/mol. The largest absolute Gasteiger partial charge is 0.490 e. The summed E-state index contributed by atoms with van der Waals surface area (Å²) in [6.07, 6.45) is 1.96. The highest BCUT2D eigenvalue weighted by Crippen LogP contribution is 2.36. The number of ether oxygens (including phenoxy) is 3. The van der Waals surface area contributed by atoms with Crippen LogP contribution in [0.15, 0.2) is 48.9 Å². The molecule has 12 nitrogen and oxygen atoms in total. The molecule has 0 aliphatic carbocycles. The molecule has 246 valence electrons. The first-order valence-corrected chi connectivity index (χ1v) is 15.2. The predicted octanol–water partition coefficient (Wildman–Crippen LogP) is 2.80. The van der Waals surface area contributed by atoms with E-state index in [1.54, 1.807) is 30.2 Å². The standard InChI is InChI=1S/C15H19N5O2.C14H20N2O3.CH4.B6/c1-16-15(21)19(2)12-3-4-14-13(7-12)20(5-6-22-14)9-11-8-17-10-18-11;1-14(2,3)19-13(17)16-7-8-18-12-6-5-10(15-4)9-11(12)16;;1-5(2)6(3)4/h3-4,7-8,10H,5-6,9H2,1-2H3,(H,16,21)(H,17,18);5-6,9,15H,7-8H2,1-4H3;1H4;. The molecule has 0 bridgehead atoms. The number of aromatic nitrogens is 2. The molecule has 0 spiro atoms. The Kier molecular flexibility index (Phi) is 15.3. The summed E-state index contributed by atoms with van der Waals surface area (Å²) in [4.78, 5) is 36.5. The van der Waals surface area contributed by atoms with Crippen molar-refractivity contribution in [3.05, 3.63) is 54.6 Å². The van der Waals surface area contributed by atoms with Crippen LogP contribution in [0.5, 0.6) is 11.5 Å². The van der Waals surface area contributed by atoms with E-state index in [1.807, 2.05) is 70.4 Å². The van der Waals surface area contributed by atoms with E-state index in [0.29, 0.717) is 25.5 Å². The van der Waals surface area contributed by atoms with Gasteiger partial charge in [0.05, 0.1) is 43.0 Å². The van der Waals surface area contributed by atoms with Gasteiger partial charge in [-0.2, -0.15) is 0 Å². The number of nitrogens with zero attached hydrogens (tertiary/aromatic N) is 4. The Morgan fingerprint density at radius 1 is 1.00 bits per heavy atom. The van der Waals surface area contributed by atoms with Crippen LogP contribution in [0.25, 0.3) is 0 Å². The molecule has 8 radical (unpaired) electrons. The fourth-order valence-corrected chi connectivity index (χ4v) is 4.38. The highest BCUT2D eigenvalue weighted by Gasteiger charge is 2.28. The van der Waals surface area contributed by atoms with Gasteiger partial charge in [-0.3, -0.25) is 9.80 Å². The third-order valence-corrected chi connectivity index (χ3v) is 6.89. The predicted molar refractivity (Wildman–Crippen MR) is 201 cm³/mol. The Bertz CT molecular complexity index is 1450. The number of nitrogens with one attached hydrogen (secondary N) is 3. The van der Waals surface area contributed by atoms with Crippen LogP contribution >= 0.6 is 0 Å². The zero-order valence-electron chi connectivity index (χ0n) is 27.9. The molecule has 18 heteroatoms. The molecule has 0 unspecified atom stereocenters. The van der Waals surface area contributed by atoms with Crippen LogP contribution in [0.2, 0.25) is 0 Å². The minimum absolute atomic E-state index is 0. The summed E-state index contributed by atoms with van der Waals surface area (Å²) in [5.41, 5.74) is 4.01. The lowest BCUT2D eigenvalue weighted by molar-refractivity contribution is 0.0567. The average molecular weight is 647 g/mol. The van der Waals surface area contributed by atoms with Gasteiger partial charge in [-0.05, 0) is 57.2 Å². The molecule has 2 aromatic carbocycles. The number of H-pyrrole nitrogens is 1. The number of carbonyl (C=O) groups is 2. The number of hydrogen-bond acceptors (Lipinski definition) is 8. The fourth-order valence-electron chi connectivity index (χ4n) is 4.38. The maximum absolute atomic E-state index is 12.2. The second-order valence-corrected chi connectivity index (χ2v) is 11.7. The van der Waals surface area contributed by atoms with E-state index in [9.17, 15) is 9.59 Å². The van der Waals surface area contributed by atoms with E-state index in [-0.39, 0.29) is 19.6 Å². The van der Waals surface area contributed by atoms with Gasteiger partial charge in [0, 0.05) is 82.4 Å². The van der Waals surface area contributed by atoms with Crippen molar-refractivity contribution in [1.82, 2.24) is 15.3 Å². The molecule has 3 N–H and O–H groups in total. The molecule has 1 aromatic heterocycles. The van der Waals surface area contributed by atoms with Gasteiger partial charge in [0.25, 0.3) is 0 Å². The van der Waals surface area contributed by atoms with Gasteiger partial charge in [-0.1, -0.05) is 7.43 Å². The monoisotopic (exact) mass is 647 g/mol. The number of amides is 3. The van der Waals surface area contributed by atoms with Gasteiger partial charge in [0.2, 0.25) is 0 Å². The Morgan fingerprint density at radius 2 is 1.62 bits per heavy atom. The smallest absolute Gasteiger partial charge is 0.415 e. The lowest BCUT2D eigenvalue weighted by Gasteiger charge is -2.32. The summed E-state index contributed by atoms with van der Waals surface area (Å²) < 4.78 is 16.7. The topological polar surface area (TPSA) is 124 Å². The number of benzene rings is 2. The minimum Gasteiger partial charge on any atom is -0.490 e. The first-order chi connectivity index (χ1) is 22.2. The van der Waals surface area contributed by atoms with Crippen LogP contribution in [0.4, 0.5) is 32.3 Å². The summed E-state index contributed by atoms with van der Waals surface area (Å²) in [6, 6.07) is 11.3. The van der Waals surface area contributed by atoms with Crippen molar-refractivity contribution in [3.63, 3.8) is 0 Å². The number of rotatable bonds is 5.